The zero-order valence-electron chi connectivity index (χ0n) is 10.5. The number of alkyl halides is 1. The van der Waals surface area contributed by atoms with Crippen molar-refractivity contribution in [2.45, 2.75) is 39.0 Å². The molecule has 1 aliphatic rings. The van der Waals surface area contributed by atoms with E-state index >= 15 is 0 Å². The minimum absolute atomic E-state index is 0.00886. The van der Waals surface area contributed by atoms with Gasteiger partial charge in [0.15, 0.2) is 0 Å². The van der Waals surface area contributed by atoms with Gasteiger partial charge in [0.05, 0.1) is 5.38 Å². The van der Waals surface area contributed by atoms with Crippen LogP contribution in [0.2, 0.25) is 0 Å². The second-order valence-corrected chi connectivity index (χ2v) is 6.13. The van der Waals surface area contributed by atoms with Gasteiger partial charge in [-0.15, -0.1) is 11.6 Å². The highest BCUT2D eigenvalue weighted by atomic mass is 35.5. The summed E-state index contributed by atoms with van der Waals surface area (Å²) >= 11 is 6.47. The number of fused-ring (bicyclic) bond motifs is 1. The van der Waals surface area contributed by atoms with Crippen LogP contribution in [0.5, 0.6) is 0 Å². The number of hydrogen-bond acceptors (Lipinski definition) is 1. The number of carbonyl (C=O) groups is 1. The molecule has 0 saturated carbocycles. The zero-order valence-corrected chi connectivity index (χ0v) is 11.3. The smallest absolute Gasteiger partial charge is 0.224 e. The van der Waals surface area contributed by atoms with Crippen LogP contribution in [0.15, 0.2) is 18.2 Å². The lowest BCUT2D eigenvalue weighted by molar-refractivity contribution is -0.116. The van der Waals surface area contributed by atoms with Gasteiger partial charge in [0.2, 0.25) is 5.91 Å². The van der Waals surface area contributed by atoms with Crippen molar-refractivity contribution in [3.05, 3.63) is 29.3 Å². The lowest BCUT2D eigenvalue weighted by Crippen LogP contribution is -2.20. The number of hydrogen-bond donors (Lipinski definition) is 1. The fraction of sp³-hybridized carbons (Fsp3) is 0.500. The van der Waals surface area contributed by atoms with Gasteiger partial charge in [0.1, 0.15) is 0 Å². The fourth-order valence-electron chi connectivity index (χ4n) is 2.06. The van der Waals surface area contributed by atoms with Gasteiger partial charge in [-0.2, -0.15) is 0 Å². The van der Waals surface area contributed by atoms with E-state index in [9.17, 15) is 4.79 Å². The maximum absolute atomic E-state index is 11.3. The third-order valence-electron chi connectivity index (χ3n) is 3.08. The molecule has 0 saturated heterocycles. The molecule has 0 fully saturated rings. The van der Waals surface area contributed by atoms with Crippen molar-refractivity contribution in [2.75, 3.05) is 5.32 Å². The van der Waals surface area contributed by atoms with Crippen LogP contribution in [-0.2, 0) is 11.2 Å². The third-order valence-corrected chi connectivity index (χ3v) is 3.98. The second kappa shape index (κ2) is 4.34. The maximum Gasteiger partial charge on any atom is 0.224 e. The van der Waals surface area contributed by atoms with Gasteiger partial charge >= 0.3 is 0 Å². The van der Waals surface area contributed by atoms with Crippen LogP contribution >= 0.6 is 11.6 Å². The predicted octanol–water partition coefficient (Wildman–Crippen LogP) is 3.90. The first-order valence-electron chi connectivity index (χ1n) is 5.94. The molecule has 0 spiro atoms. The number of benzene rings is 1. The van der Waals surface area contributed by atoms with Crippen molar-refractivity contribution >= 4 is 23.2 Å². The quantitative estimate of drug-likeness (QED) is 0.754. The van der Waals surface area contributed by atoms with Gasteiger partial charge in [-0.05, 0) is 29.0 Å². The highest BCUT2D eigenvalue weighted by Gasteiger charge is 2.25. The first-order chi connectivity index (χ1) is 7.88. The predicted molar refractivity (Wildman–Crippen MR) is 71.4 cm³/mol. The first kappa shape index (κ1) is 12.4. The van der Waals surface area contributed by atoms with Crippen LogP contribution in [0.1, 0.15) is 43.7 Å². The van der Waals surface area contributed by atoms with Gasteiger partial charge in [-0.1, -0.05) is 32.9 Å². The fourth-order valence-corrected chi connectivity index (χ4v) is 2.20. The number of nitrogens with one attached hydrogen (secondary N) is 1. The molecule has 3 heteroatoms. The Morgan fingerprint density at radius 3 is 2.65 bits per heavy atom. The Bertz CT molecular complexity index is 448. The Kier molecular flexibility index (Phi) is 3.17. The van der Waals surface area contributed by atoms with E-state index in [4.69, 9.17) is 11.6 Å². The molecule has 0 radical (unpaired) electrons. The molecule has 0 aliphatic carbocycles. The number of carbonyl (C=O) groups excluding carboxylic acids is 1. The third kappa shape index (κ3) is 2.63. The number of rotatable bonds is 1. The topological polar surface area (TPSA) is 29.1 Å². The van der Waals surface area contributed by atoms with Crippen LogP contribution < -0.4 is 5.32 Å². The standard InChI is InChI=1S/C14H18ClNO/c1-14(2,3)13(15)10-4-6-11-9(8-10)5-7-12(17)16-11/h4,6,8,13H,5,7H2,1-3H3,(H,16,17). The summed E-state index contributed by atoms with van der Waals surface area (Å²) in [5.74, 6) is 0.100. The SMILES string of the molecule is CC(C)(C)C(Cl)c1ccc2c(c1)CCC(=O)N2. The molecule has 1 heterocycles. The molecule has 1 aliphatic heterocycles. The summed E-state index contributed by atoms with van der Waals surface area (Å²) in [4.78, 5) is 11.3. The van der Waals surface area contributed by atoms with E-state index in [1.165, 1.54) is 5.56 Å². The first-order valence-corrected chi connectivity index (χ1v) is 6.38. The Labute approximate surface area is 107 Å². The summed E-state index contributed by atoms with van der Waals surface area (Å²) in [7, 11) is 0. The van der Waals surface area contributed by atoms with E-state index < -0.39 is 0 Å². The molecule has 1 unspecified atom stereocenters. The molecule has 17 heavy (non-hydrogen) atoms. The lowest BCUT2D eigenvalue weighted by Gasteiger charge is -2.27. The van der Waals surface area contributed by atoms with E-state index in [1.807, 2.05) is 12.1 Å². The molecule has 0 aromatic heterocycles. The maximum atomic E-state index is 11.3. The molecule has 1 N–H and O–H groups in total. The molecule has 2 rings (SSSR count). The Morgan fingerprint density at radius 2 is 2.00 bits per heavy atom. The zero-order chi connectivity index (χ0) is 12.6. The molecule has 0 bridgehead atoms. The van der Waals surface area contributed by atoms with Crippen LogP contribution in [0.4, 0.5) is 5.69 Å². The summed E-state index contributed by atoms with van der Waals surface area (Å²) < 4.78 is 0. The summed E-state index contributed by atoms with van der Waals surface area (Å²) in [5, 5.41) is 2.87. The molecule has 1 aromatic rings. The molecule has 1 amide bonds. The number of amides is 1. The van der Waals surface area contributed by atoms with Crippen LogP contribution in [0, 0.1) is 5.41 Å². The summed E-state index contributed by atoms with van der Waals surface area (Å²) in [6.07, 6.45) is 1.38. The minimum Gasteiger partial charge on any atom is -0.326 e. The van der Waals surface area contributed by atoms with Crippen molar-refractivity contribution < 1.29 is 4.79 Å². The molecule has 92 valence electrons. The highest BCUT2D eigenvalue weighted by Crippen LogP contribution is 2.39. The number of aryl methyl sites for hydroxylation is 1. The molecule has 2 nitrogen and oxygen atoms in total. The molecule has 1 atom stereocenters. The van der Waals surface area contributed by atoms with Gasteiger partial charge in [0, 0.05) is 12.1 Å². The monoisotopic (exact) mass is 251 g/mol. The van der Waals surface area contributed by atoms with Gasteiger partial charge < -0.3 is 5.32 Å². The van der Waals surface area contributed by atoms with Crippen molar-refractivity contribution in [3.63, 3.8) is 0 Å². The van der Waals surface area contributed by atoms with Gasteiger partial charge in [-0.3, -0.25) is 4.79 Å². The summed E-state index contributed by atoms with van der Waals surface area (Å²) in [6.45, 7) is 6.39. The van der Waals surface area contributed by atoms with Crippen molar-refractivity contribution in [3.8, 4) is 0 Å². The molecular weight excluding hydrogens is 234 g/mol. The van der Waals surface area contributed by atoms with Crippen molar-refractivity contribution in [2.24, 2.45) is 5.41 Å². The van der Waals surface area contributed by atoms with Crippen molar-refractivity contribution in [1.29, 1.82) is 0 Å². The summed E-state index contributed by atoms with van der Waals surface area (Å²) in [5.41, 5.74) is 3.29. The summed E-state index contributed by atoms with van der Waals surface area (Å²) in [6, 6.07) is 6.09. The number of halogens is 1. The highest BCUT2D eigenvalue weighted by molar-refractivity contribution is 6.21. The van der Waals surface area contributed by atoms with E-state index in [1.54, 1.807) is 0 Å². The van der Waals surface area contributed by atoms with E-state index in [0.29, 0.717) is 6.42 Å². The minimum atomic E-state index is -0.00886. The normalized spacial score (nSPS) is 17.3. The lowest BCUT2D eigenvalue weighted by atomic mass is 9.86. The van der Waals surface area contributed by atoms with Gasteiger partial charge in [0.25, 0.3) is 0 Å². The van der Waals surface area contributed by atoms with E-state index in [-0.39, 0.29) is 16.7 Å². The molecule has 1 aromatic carbocycles. The average molecular weight is 252 g/mol. The molecular formula is C14H18ClNO. The van der Waals surface area contributed by atoms with E-state index in [0.717, 1.165) is 17.7 Å². The Balaban J connectivity index is 2.31. The average Bonchev–Trinajstić information content (AvgIpc) is 2.26. The Morgan fingerprint density at radius 1 is 1.29 bits per heavy atom. The largest absolute Gasteiger partial charge is 0.326 e. The second-order valence-electron chi connectivity index (χ2n) is 5.69. The van der Waals surface area contributed by atoms with Crippen LogP contribution in [0.3, 0.4) is 0 Å². The Hall–Kier alpha value is -1.02. The number of anilines is 1. The van der Waals surface area contributed by atoms with Crippen molar-refractivity contribution in [1.82, 2.24) is 0 Å². The van der Waals surface area contributed by atoms with Crippen LogP contribution in [-0.4, -0.2) is 5.91 Å². The van der Waals surface area contributed by atoms with Crippen LogP contribution in [0.25, 0.3) is 0 Å². The van der Waals surface area contributed by atoms with E-state index in [2.05, 4.69) is 32.2 Å². The van der Waals surface area contributed by atoms with Gasteiger partial charge in [-0.25, -0.2) is 0 Å².